The van der Waals surface area contributed by atoms with Gasteiger partial charge in [-0.25, -0.2) is 0 Å². The summed E-state index contributed by atoms with van der Waals surface area (Å²) in [5.74, 6) is 0.953. The first-order valence-electron chi connectivity index (χ1n) is 10.6. The van der Waals surface area contributed by atoms with Gasteiger partial charge < -0.3 is 10.2 Å². The van der Waals surface area contributed by atoms with Crippen molar-refractivity contribution in [2.45, 2.75) is 59.4 Å². The average Bonchev–Trinajstić information content (AvgIpc) is 2.69. The largest absolute Gasteiger partial charge is 0.372 e. The molecule has 3 rings (SSSR count). The number of amides is 1. The lowest BCUT2D eigenvalue weighted by Crippen LogP contribution is -2.32. The number of anilines is 1. The first-order chi connectivity index (χ1) is 13.4. The monoisotopic (exact) mass is 378 g/mol. The van der Waals surface area contributed by atoms with Crippen LogP contribution in [0.25, 0.3) is 0 Å². The van der Waals surface area contributed by atoms with E-state index >= 15 is 0 Å². The molecule has 2 aromatic rings. The van der Waals surface area contributed by atoms with Crippen LogP contribution in [0.3, 0.4) is 0 Å². The Balaban J connectivity index is 1.50. The van der Waals surface area contributed by atoms with Crippen molar-refractivity contribution in [3.63, 3.8) is 0 Å². The van der Waals surface area contributed by atoms with Crippen molar-refractivity contribution in [2.75, 3.05) is 18.0 Å². The minimum absolute atomic E-state index is 0.0303. The number of hydrogen-bond donors (Lipinski definition) is 1. The van der Waals surface area contributed by atoms with Gasteiger partial charge in [0.15, 0.2) is 0 Å². The zero-order valence-electron chi connectivity index (χ0n) is 17.8. The van der Waals surface area contributed by atoms with E-state index in [0.29, 0.717) is 6.42 Å². The molecule has 0 spiro atoms. The third-order valence-electron chi connectivity index (χ3n) is 6.13. The predicted octanol–water partition coefficient (Wildman–Crippen LogP) is 5.35. The van der Waals surface area contributed by atoms with E-state index in [0.717, 1.165) is 31.0 Å². The summed E-state index contributed by atoms with van der Waals surface area (Å²) in [6, 6.07) is 15.2. The van der Waals surface area contributed by atoms with Gasteiger partial charge in [0.05, 0.1) is 6.04 Å². The maximum Gasteiger partial charge on any atom is 0.220 e. The van der Waals surface area contributed by atoms with Crippen LogP contribution in [-0.2, 0) is 11.2 Å². The van der Waals surface area contributed by atoms with E-state index in [-0.39, 0.29) is 11.9 Å². The topological polar surface area (TPSA) is 32.3 Å². The molecule has 1 atom stereocenters. The first kappa shape index (κ1) is 20.4. The minimum atomic E-state index is 0.0303. The number of piperidine rings is 1. The zero-order valence-corrected chi connectivity index (χ0v) is 17.8. The maximum atomic E-state index is 12.4. The Kier molecular flexibility index (Phi) is 6.77. The summed E-state index contributed by atoms with van der Waals surface area (Å²) < 4.78 is 0. The van der Waals surface area contributed by atoms with Gasteiger partial charge in [-0.15, -0.1) is 0 Å². The predicted molar refractivity (Wildman–Crippen MR) is 118 cm³/mol. The molecule has 3 nitrogen and oxygen atoms in total. The molecule has 1 heterocycles. The smallest absolute Gasteiger partial charge is 0.220 e. The van der Waals surface area contributed by atoms with Crippen molar-refractivity contribution in [3.8, 4) is 0 Å². The number of carbonyl (C=O) groups is 1. The Bertz CT molecular complexity index is 789. The van der Waals surface area contributed by atoms with Gasteiger partial charge in [0.2, 0.25) is 5.91 Å². The van der Waals surface area contributed by atoms with E-state index in [2.05, 4.69) is 80.4 Å². The fourth-order valence-corrected chi connectivity index (χ4v) is 3.85. The third kappa shape index (κ3) is 5.37. The highest BCUT2D eigenvalue weighted by Gasteiger charge is 2.16. The van der Waals surface area contributed by atoms with Crippen LogP contribution in [0.2, 0.25) is 0 Å². The standard InChI is InChI=1S/C25H34N2O/c1-18-13-15-27(16-14-18)24-10-8-23(9-11-24)21(4)26-25(28)12-7-22-6-5-19(2)20(3)17-22/h5-6,8-11,17-18,21H,7,12-16H2,1-4H3,(H,26,28)/t21-/m1/s1. The van der Waals surface area contributed by atoms with E-state index < -0.39 is 0 Å². The van der Waals surface area contributed by atoms with Crippen molar-refractivity contribution in [1.82, 2.24) is 5.32 Å². The van der Waals surface area contributed by atoms with Gasteiger partial charge >= 0.3 is 0 Å². The van der Waals surface area contributed by atoms with Gasteiger partial charge in [0.1, 0.15) is 0 Å². The van der Waals surface area contributed by atoms with Crippen LogP contribution in [0.1, 0.15) is 61.4 Å². The highest BCUT2D eigenvalue weighted by molar-refractivity contribution is 5.76. The molecule has 0 radical (unpaired) electrons. The normalized spacial score (nSPS) is 16.1. The van der Waals surface area contributed by atoms with Gasteiger partial charge in [-0.3, -0.25) is 4.79 Å². The van der Waals surface area contributed by atoms with Gasteiger partial charge in [-0.1, -0.05) is 37.3 Å². The van der Waals surface area contributed by atoms with Crippen LogP contribution in [-0.4, -0.2) is 19.0 Å². The molecule has 1 aliphatic rings. The lowest BCUT2D eigenvalue weighted by molar-refractivity contribution is -0.121. The second kappa shape index (κ2) is 9.27. The van der Waals surface area contributed by atoms with E-state index in [1.807, 2.05) is 0 Å². The van der Waals surface area contributed by atoms with Crippen LogP contribution >= 0.6 is 0 Å². The van der Waals surface area contributed by atoms with E-state index in [9.17, 15) is 4.79 Å². The summed E-state index contributed by atoms with van der Waals surface area (Å²) in [6.45, 7) is 10.9. The number of hydrogen-bond acceptors (Lipinski definition) is 2. The van der Waals surface area contributed by atoms with E-state index in [1.165, 1.54) is 35.2 Å². The first-order valence-corrected chi connectivity index (χ1v) is 10.6. The number of nitrogens with one attached hydrogen (secondary N) is 1. The Labute approximate surface area is 170 Å². The van der Waals surface area contributed by atoms with Crippen molar-refractivity contribution in [3.05, 3.63) is 64.7 Å². The molecule has 0 unspecified atom stereocenters. The van der Waals surface area contributed by atoms with Gasteiger partial charge in [-0.05, 0) is 80.3 Å². The summed E-state index contributed by atoms with van der Waals surface area (Å²) in [7, 11) is 0. The van der Waals surface area contributed by atoms with Crippen LogP contribution in [0, 0.1) is 19.8 Å². The minimum Gasteiger partial charge on any atom is -0.372 e. The van der Waals surface area contributed by atoms with Crippen LogP contribution < -0.4 is 10.2 Å². The lowest BCUT2D eigenvalue weighted by atomic mass is 9.98. The van der Waals surface area contributed by atoms with Gasteiger partial charge in [0.25, 0.3) is 0 Å². The van der Waals surface area contributed by atoms with Crippen molar-refractivity contribution in [1.29, 1.82) is 0 Å². The van der Waals surface area contributed by atoms with Crippen molar-refractivity contribution in [2.24, 2.45) is 5.92 Å². The second-order valence-corrected chi connectivity index (χ2v) is 8.47. The Hall–Kier alpha value is -2.29. The van der Waals surface area contributed by atoms with E-state index in [4.69, 9.17) is 0 Å². The molecule has 0 saturated carbocycles. The van der Waals surface area contributed by atoms with Gasteiger partial charge in [0, 0.05) is 25.2 Å². The quantitative estimate of drug-likeness (QED) is 0.735. The molecular weight excluding hydrogens is 344 g/mol. The fourth-order valence-electron chi connectivity index (χ4n) is 3.85. The highest BCUT2D eigenvalue weighted by Crippen LogP contribution is 2.24. The molecular formula is C25H34N2O. The van der Waals surface area contributed by atoms with Crippen LogP contribution in [0.15, 0.2) is 42.5 Å². The molecule has 1 amide bonds. The van der Waals surface area contributed by atoms with Crippen LogP contribution in [0.5, 0.6) is 0 Å². The van der Waals surface area contributed by atoms with Gasteiger partial charge in [-0.2, -0.15) is 0 Å². The molecule has 1 N–H and O–H groups in total. The SMILES string of the molecule is Cc1ccc(CCC(=O)N[C@H](C)c2ccc(N3CCC(C)CC3)cc2)cc1C. The van der Waals surface area contributed by atoms with Crippen molar-refractivity contribution >= 4 is 11.6 Å². The Morgan fingerprint density at radius 1 is 1.07 bits per heavy atom. The van der Waals surface area contributed by atoms with E-state index in [1.54, 1.807) is 0 Å². The molecule has 3 heteroatoms. The van der Waals surface area contributed by atoms with Crippen molar-refractivity contribution < 1.29 is 4.79 Å². The summed E-state index contributed by atoms with van der Waals surface area (Å²) >= 11 is 0. The molecule has 0 aliphatic carbocycles. The average molecular weight is 379 g/mol. The molecule has 0 bridgehead atoms. The Morgan fingerprint density at radius 3 is 2.39 bits per heavy atom. The molecule has 28 heavy (non-hydrogen) atoms. The molecule has 1 fully saturated rings. The molecule has 150 valence electrons. The number of nitrogens with zero attached hydrogens (tertiary/aromatic N) is 1. The molecule has 1 aliphatic heterocycles. The van der Waals surface area contributed by atoms with Crippen LogP contribution in [0.4, 0.5) is 5.69 Å². The molecule has 1 saturated heterocycles. The highest BCUT2D eigenvalue weighted by atomic mass is 16.1. The maximum absolute atomic E-state index is 12.4. The summed E-state index contributed by atoms with van der Waals surface area (Å²) in [5, 5.41) is 3.14. The summed E-state index contributed by atoms with van der Waals surface area (Å²) in [4.78, 5) is 14.8. The number of rotatable bonds is 6. The number of aryl methyl sites for hydroxylation is 3. The zero-order chi connectivity index (χ0) is 20.1. The molecule has 0 aromatic heterocycles. The lowest BCUT2D eigenvalue weighted by Gasteiger charge is -2.32. The summed E-state index contributed by atoms with van der Waals surface area (Å²) in [5.41, 5.74) is 6.27. The fraction of sp³-hybridized carbons (Fsp3) is 0.480. The summed E-state index contributed by atoms with van der Waals surface area (Å²) in [6.07, 6.45) is 3.85. The Morgan fingerprint density at radius 2 is 1.75 bits per heavy atom. The second-order valence-electron chi connectivity index (χ2n) is 8.47. The number of carbonyl (C=O) groups excluding carboxylic acids is 1. The number of benzene rings is 2. The third-order valence-corrected chi connectivity index (χ3v) is 6.13. The molecule has 2 aromatic carbocycles.